The number of rotatable bonds is 4. The van der Waals surface area contributed by atoms with Gasteiger partial charge in [0, 0.05) is 17.7 Å². The minimum Gasteiger partial charge on any atom is -0.494 e. The molecule has 0 amide bonds. The van der Waals surface area contributed by atoms with Gasteiger partial charge in [0.1, 0.15) is 5.75 Å². The minimum atomic E-state index is -4.94. The van der Waals surface area contributed by atoms with Gasteiger partial charge < -0.3 is 4.74 Å². The standard InChI is InChI=1S/C19H20NO.ClHO4/c1-3-21-17-9-10-19-18(13-17)15(2)11-12-20(19)14-16-7-5-4-6-8-16;2-1(3,4)5/h4-13H,3,14H2,1-2H3;(H,2,3,4,5)/q+1;/p-1. The average molecular weight is 378 g/mol. The van der Waals surface area contributed by atoms with Gasteiger partial charge in [0.15, 0.2) is 12.7 Å². The highest BCUT2D eigenvalue weighted by Crippen LogP contribution is 2.21. The van der Waals surface area contributed by atoms with E-state index in [1.807, 2.05) is 13.0 Å². The van der Waals surface area contributed by atoms with Crippen molar-refractivity contribution in [1.82, 2.24) is 0 Å². The Kier molecular flexibility index (Phi) is 6.90. The van der Waals surface area contributed by atoms with Gasteiger partial charge in [-0.1, -0.05) is 30.3 Å². The van der Waals surface area contributed by atoms with Crippen molar-refractivity contribution in [3.05, 3.63) is 71.9 Å². The van der Waals surface area contributed by atoms with E-state index in [0.29, 0.717) is 6.61 Å². The third-order valence-corrected chi connectivity index (χ3v) is 3.71. The Morgan fingerprint density at radius 2 is 1.62 bits per heavy atom. The molecule has 138 valence electrons. The molecule has 0 aliphatic carbocycles. The van der Waals surface area contributed by atoms with E-state index in [4.69, 9.17) is 23.4 Å². The molecule has 7 heteroatoms. The van der Waals surface area contributed by atoms with Crippen LogP contribution in [0.1, 0.15) is 18.1 Å². The molecule has 26 heavy (non-hydrogen) atoms. The fourth-order valence-electron chi connectivity index (χ4n) is 2.63. The highest BCUT2D eigenvalue weighted by atomic mass is 35.7. The Morgan fingerprint density at radius 3 is 2.23 bits per heavy atom. The van der Waals surface area contributed by atoms with Crippen LogP contribution in [0.5, 0.6) is 5.75 Å². The molecule has 0 bridgehead atoms. The Hall–Kier alpha value is -2.22. The van der Waals surface area contributed by atoms with Crippen molar-refractivity contribution in [2.45, 2.75) is 20.4 Å². The van der Waals surface area contributed by atoms with Crippen LogP contribution < -0.4 is 27.9 Å². The number of benzene rings is 2. The summed E-state index contributed by atoms with van der Waals surface area (Å²) in [6.45, 7) is 5.73. The van der Waals surface area contributed by atoms with Crippen LogP contribution in [-0.2, 0) is 6.54 Å². The molecule has 0 N–H and O–H groups in total. The fraction of sp³-hybridized carbons (Fsp3) is 0.211. The van der Waals surface area contributed by atoms with Gasteiger partial charge in [-0.15, -0.1) is 10.2 Å². The third-order valence-electron chi connectivity index (χ3n) is 3.71. The molecule has 0 radical (unpaired) electrons. The number of fused-ring (bicyclic) bond motifs is 1. The van der Waals surface area contributed by atoms with Crippen LogP contribution in [0.3, 0.4) is 0 Å². The summed E-state index contributed by atoms with van der Waals surface area (Å²) in [4.78, 5) is 0. The van der Waals surface area contributed by atoms with Crippen LogP contribution in [0, 0.1) is 17.2 Å². The van der Waals surface area contributed by atoms with Crippen LogP contribution in [0.2, 0.25) is 0 Å². The molecular weight excluding hydrogens is 358 g/mol. The molecule has 2 aromatic carbocycles. The number of hydrogen-bond donors (Lipinski definition) is 0. The van der Waals surface area contributed by atoms with E-state index in [1.54, 1.807) is 0 Å². The van der Waals surface area contributed by atoms with E-state index in [1.165, 1.54) is 22.0 Å². The molecule has 0 unspecified atom stereocenters. The van der Waals surface area contributed by atoms with Gasteiger partial charge in [-0.3, -0.25) is 0 Å². The first-order valence-corrected chi connectivity index (χ1v) is 9.22. The van der Waals surface area contributed by atoms with Crippen molar-refractivity contribution in [3.8, 4) is 5.75 Å². The van der Waals surface area contributed by atoms with Crippen molar-refractivity contribution in [3.63, 3.8) is 0 Å². The Balaban J connectivity index is 0.000000431. The van der Waals surface area contributed by atoms with Crippen molar-refractivity contribution in [1.29, 1.82) is 0 Å². The molecule has 1 aromatic heterocycles. The van der Waals surface area contributed by atoms with Crippen molar-refractivity contribution < 1.29 is 38.2 Å². The molecule has 0 saturated carbocycles. The predicted molar refractivity (Wildman–Crippen MR) is 85.6 cm³/mol. The maximum atomic E-state index is 8.49. The smallest absolute Gasteiger partial charge is 0.213 e. The average Bonchev–Trinajstić information content (AvgIpc) is 2.57. The molecule has 0 aliphatic heterocycles. The van der Waals surface area contributed by atoms with Gasteiger partial charge >= 0.3 is 0 Å². The Bertz CT molecular complexity index is 844. The summed E-state index contributed by atoms with van der Waals surface area (Å²) in [5, 5.41) is 1.25. The largest absolute Gasteiger partial charge is 0.494 e. The molecule has 6 nitrogen and oxygen atoms in total. The summed E-state index contributed by atoms with van der Waals surface area (Å²) >= 11 is 0. The fourth-order valence-corrected chi connectivity index (χ4v) is 2.63. The van der Waals surface area contributed by atoms with E-state index in [9.17, 15) is 0 Å². The molecule has 0 atom stereocenters. The highest BCUT2D eigenvalue weighted by Gasteiger charge is 2.12. The summed E-state index contributed by atoms with van der Waals surface area (Å²) in [7, 11) is -4.94. The molecule has 0 spiro atoms. The maximum absolute atomic E-state index is 8.49. The zero-order chi connectivity index (χ0) is 19.2. The summed E-state index contributed by atoms with van der Waals surface area (Å²) in [6, 6.07) is 19.0. The maximum Gasteiger partial charge on any atom is 0.213 e. The van der Waals surface area contributed by atoms with Crippen molar-refractivity contribution >= 4 is 10.9 Å². The number of hydrogen-bond acceptors (Lipinski definition) is 5. The summed E-state index contributed by atoms with van der Waals surface area (Å²) in [5.41, 5.74) is 3.82. The SMILES string of the molecule is CCOc1ccc2c(c1)c(C)cc[n+]2Cc1ccccc1.[O-][Cl+3]([O-])([O-])[O-]. The van der Waals surface area contributed by atoms with Gasteiger partial charge in [0.2, 0.25) is 5.52 Å². The number of ether oxygens (including phenoxy) is 1. The third kappa shape index (κ3) is 6.25. The first-order valence-electron chi connectivity index (χ1n) is 7.99. The van der Waals surface area contributed by atoms with E-state index >= 15 is 0 Å². The summed E-state index contributed by atoms with van der Waals surface area (Å²) in [5.74, 6) is 0.936. The number of nitrogens with zero attached hydrogens (tertiary/aromatic N) is 1. The second-order valence-electron chi connectivity index (χ2n) is 5.60. The topological polar surface area (TPSA) is 105 Å². The lowest BCUT2D eigenvalue weighted by molar-refractivity contribution is -2.00. The molecule has 0 aliphatic rings. The van der Waals surface area contributed by atoms with Crippen molar-refractivity contribution in [2.24, 2.45) is 0 Å². The van der Waals surface area contributed by atoms with Crippen LogP contribution in [0.15, 0.2) is 60.8 Å². The quantitative estimate of drug-likeness (QED) is 0.549. The molecule has 3 rings (SSSR count). The van der Waals surface area contributed by atoms with Gasteiger partial charge in [-0.2, -0.15) is 4.57 Å². The van der Waals surface area contributed by atoms with Crippen LogP contribution >= 0.6 is 0 Å². The highest BCUT2D eigenvalue weighted by molar-refractivity contribution is 5.80. The van der Waals surface area contributed by atoms with Gasteiger partial charge in [-0.05, 0) is 31.5 Å². The van der Waals surface area contributed by atoms with Crippen LogP contribution in [0.25, 0.3) is 10.9 Å². The lowest BCUT2D eigenvalue weighted by Crippen LogP contribution is -2.68. The zero-order valence-electron chi connectivity index (χ0n) is 14.6. The first kappa shape index (κ1) is 20.1. The molecular formula is C19H20ClNO5. The second-order valence-corrected chi connectivity index (χ2v) is 6.36. The van der Waals surface area contributed by atoms with E-state index in [0.717, 1.165) is 12.3 Å². The van der Waals surface area contributed by atoms with Gasteiger partial charge in [-0.25, -0.2) is 18.6 Å². The molecule has 3 aromatic rings. The Morgan fingerprint density at radius 1 is 0.962 bits per heavy atom. The van der Waals surface area contributed by atoms with Crippen LogP contribution in [-0.4, -0.2) is 6.61 Å². The van der Waals surface area contributed by atoms with Crippen molar-refractivity contribution in [2.75, 3.05) is 6.61 Å². The Labute approximate surface area is 154 Å². The number of aryl methyl sites for hydroxylation is 1. The normalized spacial score (nSPS) is 11.0. The monoisotopic (exact) mass is 377 g/mol. The van der Waals surface area contributed by atoms with E-state index in [2.05, 4.69) is 66.2 Å². The first-order chi connectivity index (χ1) is 12.3. The zero-order valence-corrected chi connectivity index (χ0v) is 15.3. The lowest BCUT2D eigenvalue weighted by atomic mass is 10.1. The van der Waals surface area contributed by atoms with Gasteiger partial charge in [0.05, 0.1) is 12.0 Å². The number of pyridine rings is 1. The van der Waals surface area contributed by atoms with E-state index < -0.39 is 10.2 Å². The molecule has 0 fully saturated rings. The number of aromatic nitrogens is 1. The van der Waals surface area contributed by atoms with E-state index in [-0.39, 0.29) is 0 Å². The lowest BCUT2D eigenvalue weighted by Gasteiger charge is -2.17. The number of halogens is 1. The second kappa shape index (κ2) is 8.93. The van der Waals surface area contributed by atoms with Gasteiger partial charge in [0.25, 0.3) is 0 Å². The summed E-state index contributed by atoms with van der Waals surface area (Å²) < 4.78 is 41.9. The molecule has 1 heterocycles. The minimum absolute atomic E-state index is 0.696. The summed E-state index contributed by atoms with van der Waals surface area (Å²) in [6.07, 6.45) is 2.16. The van der Waals surface area contributed by atoms with Crippen LogP contribution in [0.4, 0.5) is 0 Å². The predicted octanol–water partition coefficient (Wildman–Crippen LogP) is -0.873. The molecule has 0 saturated heterocycles.